The van der Waals surface area contributed by atoms with Crippen molar-refractivity contribution >= 4 is 39.6 Å². The lowest BCUT2D eigenvalue weighted by molar-refractivity contribution is -0.115. The number of carboxylic acid groups (broad SMARTS) is 1. The Bertz CT molecular complexity index is 1160. The van der Waals surface area contributed by atoms with Gasteiger partial charge in [-0.05, 0) is 40.5 Å². The van der Waals surface area contributed by atoms with Gasteiger partial charge < -0.3 is 20.5 Å². The number of carbonyl (C=O) groups is 3. The molecule has 0 saturated carbocycles. The summed E-state index contributed by atoms with van der Waals surface area (Å²) in [5, 5.41) is 14.1. The molecule has 0 spiro atoms. The lowest BCUT2D eigenvalue weighted by Gasteiger charge is -2.14. The number of halogens is 1. The summed E-state index contributed by atoms with van der Waals surface area (Å²) in [6, 6.07) is 20.4. The number of amides is 2. The highest BCUT2D eigenvalue weighted by molar-refractivity contribution is 9.10. The first-order valence-electron chi connectivity index (χ1n) is 9.85. The van der Waals surface area contributed by atoms with Crippen LogP contribution in [-0.4, -0.2) is 36.2 Å². The molecule has 0 heterocycles. The summed E-state index contributed by atoms with van der Waals surface area (Å²) < 4.78 is 5.91. The molecule has 0 bridgehead atoms. The molecule has 8 heteroatoms. The fourth-order valence-corrected chi connectivity index (χ4v) is 4.29. The number of hydrogen-bond acceptors (Lipinski definition) is 4. The summed E-state index contributed by atoms with van der Waals surface area (Å²) in [6.07, 6.45) is -0.706. The van der Waals surface area contributed by atoms with Crippen molar-refractivity contribution in [3.63, 3.8) is 0 Å². The number of fused-ring (bicyclic) bond motifs is 3. The SMILES string of the molecule is O=C(CNC(=O)OCC1c2ccccc2-c2ccccc21)Nc1cc(Br)cc(C(=O)O)c1. The van der Waals surface area contributed by atoms with Crippen molar-refractivity contribution in [3.8, 4) is 11.1 Å². The van der Waals surface area contributed by atoms with E-state index in [4.69, 9.17) is 9.84 Å². The van der Waals surface area contributed by atoms with Crippen molar-refractivity contribution in [3.05, 3.63) is 87.9 Å². The first-order valence-corrected chi connectivity index (χ1v) is 10.6. The van der Waals surface area contributed by atoms with Gasteiger partial charge in [-0.1, -0.05) is 64.5 Å². The maximum absolute atomic E-state index is 12.2. The van der Waals surface area contributed by atoms with Gasteiger partial charge in [-0.25, -0.2) is 9.59 Å². The molecule has 0 aliphatic heterocycles. The van der Waals surface area contributed by atoms with E-state index in [1.165, 1.54) is 12.1 Å². The fraction of sp³-hybridized carbons (Fsp3) is 0.125. The van der Waals surface area contributed by atoms with Crippen LogP contribution in [0.2, 0.25) is 0 Å². The van der Waals surface area contributed by atoms with Gasteiger partial charge in [-0.2, -0.15) is 0 Å². The van der Waals surface area contributed by atoms with E-state index >= 15 is 0 Å². The molecule has 0 unspecified atom stereocenters. The van der Waals surface area contributed by atoms with Crippen molar-refractivity contribution in [2.45, 2.75) is 5.92 Å². The zero-order valence-electron chi connectivity index (χ0n) is 16.8. The third kappa shape index (κ3) is 4.65. The van der Waals surface area contributed by atoms with Crippen molar-refractivity contribution in [1.29, 1.82) is 0 Å². The molecule has 3 N–H and O–H groups in total. The Morgan fingerprint density at radius 3 is 2.19 bits per heavy atom. The molecule has 3 aromatic carbocycles. The number of hydrogen-bond donors (Lipinski definition) is 3. The zero-order valence-corrected chi connectivity index (χ0v) is 18.4. The molecule has 162 valence electrons. The monoisotopic (exact) mass is 494 g/mol. The van der Waals surface area contributed by atoms with Crippen LogP contribution < -0.4 is 10.6 Å². The lowest BCUT2D eigenvalue weighted by Crippen LogP contribution is -2.34. The Labute approximate surface area is 192 Å². The van der Waals surface area contributed by atoms with Gasteiger partial charge in [0.05, 0.1) is 5.56 Å². The number of nitrogens with one attached hydrogen (secondary N) is 2. The maximum Gasteiger partial charge on any atom is 0.407 e. The highest BCUT2D eigenvalue weighted by Gasteiger charge is 2.29. The molecule has 1 aliphatic rings. The zero-order chi connectivity index (χ0) is 22.7. The molecule has 2 amide bonds. The highest BCUT2D eigenvalue weighted by atomic mass is 79.9. The van der Waals surface area contributed by atoms with Crippen LogP contribution >= 0.6 is 15.9 Å². The fourth-order valence-electron chi connectivity index (χ4n) is 3.79. The molecule has 0 atom stereocenters. The number of aromatic carboxylic acids is 1. The summed E-state index contributed by atoms with van der Waals surface area (Å²) >= 11 is 3.20. The average molecular weight is 495 g/mol. The normalized spacial score (nSPS) is 11.9. The number of ether oxygens (including phenoxy) is 1. The van der Waals surface area contributed by atoms with E-state index in [1.807, 2.05) is 36.4 Å². The number of alkyl carbamates (subject to hydrolysis) is 1. The van der Waals surface area contributed by atoms with Gasteiger partial charge in [0.15, 0.2) is 0 Å². The Morgan fingerprint density at radius 2 is 1.56 bits per heavy atom. The molecule has 0 fully saturated rings. The standard InChI is InChI=1S/C24H19BrN2O5/c25-15-9-14(23(29)30)10-16(11-15)27-22(28)12-26-24(31)32-13-21-19-7-3-1-5-17(19)18-6-2-4-8-20(18)21/h1-11,21H,12-13H2,(H,26,31)(H,27,28)(H,29,30). The van der Waals surface area contributed by atoms with E-state index in [9.17, 15) is 14.4 Å². The maximum atomic E-state index is 12.2. The molecule has 0 radical (unpaired) electrons. The average Bonchev–Trinajstić information content (AvgIpc) is 3.09. The summed E-state index contributed by atoms with van der Waals surface area (Å²) in [5.41, 5.74) is 4.79. The van der Waals surface area contributed by atoms with Gasteiger partial charge in [-0.3, -0.25) is 4.79 Å². The molecule has 3 aromatic rings. The van der Waals surface area contributed by atoms with Crippen LogP contribution in [0.3, 0.4) is 0 Å². The lowest BCUT2D eigenvalue weighted by atomic mass is 9.98. The van der Waals surface area contributed by atoms with Crippen LogP contribution in [0.5, 0.6) is 0 Å². The predicted molar refractivity (Wildman–Crippen MR) is 123 cm³/mol. The van der Waals surface area contributed by atoms with Crippen molar-refractivity contribution in [2.75, 3.05) is 18.5 Å². The minimum atomic E-state index is -1.11. The Morgan fingerprint density at radius 1 is 0.938 bits per heavy atom. The van der Waals surface area contributed by atoms with Gasteiger partial charge in [0.2, 0.25) is 5.91 Å². The van der Waals surface area contributed by atoms with Crippen LogP contribution in [0, 0.1) is 0 Å². The highest BCUT2D eigenvalue weighted by Crippen LogP contribution is 2.44. The third-order valence-corrected chi connectivity index (χ3v) is 5.62. The van der Waals surface area contributed by atoms with E-state index in [0.29, 0.717) is 10.2 Å². The van der Waals surface area contributed by atoms with Gasteiger partial charge in [-0.15, -0.1) is 0 Å². The smallest absolute Gasteiger partial charge is 0.407 e. The second-order valence-electron chi connectivity index (χ2n) is 7.26. The first kappa shape index (κ1) is 21.6. The topological polar surface area (TPSA) is 105 Å². The molecule has 4 rings (SSSR count). The van der Waals surface area contributed by atoms with Crippen LogP contribution in [0.1, 0.15) is 27.4 Å². The van der Waals surface area contributed by atoms with E-state index < -0.39 is 18.0 Å². The van der Waals surface area contributed by atoms with Gasteiger partial charge in [0.25, 0.3) is 0 Å². The van der Waals surface area contributed by atoms with E-state index in [0.717, 1.165) is 22.3 Å². The quantitative estimate of drug-likeness (QED) is 0.463. The van der Waals surface area contributed by atoms with Crippen molar-refractivity contribution in [2.24, 2.45) is 0 Å². The Hall–Kier alpha value is -3.65. The van der Waals surface area contributed by atoms with Crippen LogP contribution in [0.15, 0.2) is 71.2 Å². The van der Waals surface area contributed by atoms with E-state index in [2.05, 4.69) is 38.7 Å². The summed E-state index contributed by atoms with van der Waals surface area (Å²) in [4.78, 5) is 35.5. The van der Waals surface area contributed by atoms with Crippen LogP contribution in [0.25, 0.3) is 11.1 Å². The molecular formula is C24H19BrN2O5. The molecule has 7 nitrogen and oxygen atoms in total. The van der Waals surface area contributed by atoms with Gasteiger partial charge in [0, 0.05) is 16.1 Å². The minimum absolute atomic E-state index is 0.0270. The Kier molecular flexibility index (Phi) is 6.23. The van der Waals surface area contributed by atoms with Crippen LogP contribution in [-0.2, 0) is 9.53 Å². The minimum Gasteiger partial charge on any atom is -0.478 e. The predicted octanol–water partition coefficient (Wildman–Crippen LogP) is 4.62. The third-order valence-electron chi connectivity index (χ3n) is 5.17. The number of carbonyl (C=O) groups excluding carboxylic acids is 2. The second kappa shape index (κ2) is 9.23. The van der Waals surface area contributed by atoms with Crippen molar-refractivity contribution < 1.29 is 24.2 Å². The largest absolute Gasteiger partial charge is 0.478 e. The molecule has 0 saturated heterocycles. The van der Waals surface area contributed by atoms with Gasteiger partial charge >= 0.3 is 12.1 Å². The number of carboxylic acids is 1. The molecule has 32 heavy (non-hydrogen) atoms. The first-order chi connectivity index (χ1) is 15.4. The van der Waals surface area contributed by atoms with Crippen LogP contribution in [0.4, 0.5) is 10.5 Å². The Balaban J connectivity index is 1.32. The van der Waals surface area contributed by atoms with Gasteiger partial charge in [0.1, 0.15) is 13.2 Å². The summed E-state index contributed by atoms with van der Waals surface area (Å²) in [5.74, 6) is -1.69. The molecular weight excluding hydrogens is 476 g/mol. The van der Waals surface area contributed by atoms with E-state index in [1.54, 1.807) is 6.07 Å². The molecule has 1 aliphatic carbocycles. The summed E-state index contributed by atoms with van der Waals surface area (Å²) in [7, 11) is 0. The number of rotatable bonds is 6. The number of anilines is 1. The summed E-state index contributed by atoms with van der Waals surface area (Å²) in [6.45, 7) is -0.166. The number of benzene rings is 3. The van der Waals surface area contributed by atoms with E-state index in [-0.39, 0.29) is 24.6 Å². The second-order valence-corrected chi connectivity index (χ2v) is 8.18. The molecule has 0 aromatic heterocycles. The van der Waals surface area contributed by atoms with Crippen molar-refractivity contribution in [1.82, 2.24) is 5.32 Å².